The van der Waals surface area contributed by atoms with E-state index < -0.39 is 24.1 Å². The normalized spacial score (nSPS) is 12.4. The predicted molar refractivity (Wildman–Crippen MR) is 115 cm³/mol. The average molecular weight is 449 g/mol. The van der Waals surface area contributed by atoms with Crippen LogP contribution in [0.5, 0.6) is 0 Å². The molecule has 0 atom stereocenters. The topological polar surface area (TPSA) is 140 Å². The van der Waals surface area contributed by atoms with Gasteiger partial charge < -0.3 is 0 Å². The molecule has 0 unspecified atom stereocenters. The fraction of sp³-hybridized carbons (Fsp3) is 0.895. The lowest BCUT2D eigenvalue weighted by molar-refractivity contribution is 0.483. The first-order valence-corrected chi connectivity index (χ1v) is 13.4. The molecule has 0 fully saturated rings. The third-order valence-corrected chi connectivity index (χ3v) is 10.0. The average Bonchev–Trinajstić information content (AvgIpc) is 2.66. The Morgan fingerprint density at radius 3 is 1.38 bits per heavy atom. The van der Waals surface area contributed by atoms with Crippen LogP contribution in [-0.4, -0.2) is 34.0 Å². The van der Waals surface area contributed by atoms with Crippen LogP contribution in [0.1, 0.15) is 90.9 Å². The Kier molecular flexibility index (Phi) is 14.1. The summed E-state index contributed by atoms with van der Waals surface area (Å²) in [4.78, 5) is 0. The molecular formula is C19H36N4O4S2. The van der Waals surface area contributed by atoms with Crippen LogP contribution in [0.4, 0.5) is 0 Å². The van der Waals surface area contributed by atoms with Crippen LogP contribution >= 0.6 is 0 Å². The zero-order valence-corrected chi connectivity index (χ0v) is 19.4. The van der Waals surface area contributed by atoms with E-state index in [0.717, 1.165) is 0 Å². The summed E-state index contributed by atoms with van der Waals surface area (Å²) in [5.74, 6) is 0. The van der Waals surface area contributed by atoms with Crippen LogP contribution in [-0.2, 0) is 20.0 Å². The summed E-state index contributed by atoms with van der Waals surface area (Å²) >= 11 is 0. The highest BCUT2D eigenvalue weighted by atomic mass is 32.3. The van der Waals surface area contributed by atoms with Crippen LogP contribution in [0.2, 0.25) is 0 Å². The highest BCUT2D eigenvalue weighted by Crippen LogP contribution is 2.34. The Bertz CT molecular complexity index is 673. The van der Waals surface area contributed by atoms with Gasteiger partial charge in [0.2, 0.25) is 24.1 Å². The maximum absolute atomic E-state index is 13.1. The Hall–Kier alpha value is -1.20. The molecule has 0 aliphatic heterocycles. The Morgan fingerprint density at radius 2 is 1.07 bits per heavy atom. The van der Waals surface area contributed by atoms with Crippen molar-refractivity contribution in [2.24, 2.45) is 0 Å². The summed E-state index contributed by atoms with van der Waals surface area (Å²) in [6.45, 7) is 3.87. The minimum absolute atomic E-state index is 0.0222. The second-order valence-electron chi connectivity index (χ2n) is 7.14. The summed E-state index contributed by atoms with van der Waals surface area (Å²) in [6, 6.07) is 4.09. The van der Waals surface area contributed by atoms with E-state index >= 15 is 0 Å². The summed E-state index contributed by atoms with van der Waals surface area (Å²) < 4.78 is 55.6. The molecule has 0 aliphatic rings. The number of nitrogens with zero attached hydrogens (tertiary/aromatic N) is 2. The molecule has 0 aliphatic carbocycles. The van der Waals surface area contributed by atoms with Crippen LogP contribution < -0.4 is 9.44 Å². The van der Waals surface area contributed by atoms with Gasteiger partial charge in [-0.2, -0.15) is 10.5 Å². The van der Waals surface area contributed by atoms with Crippen molar-refractivity contribution in [2.45, 2.75) is 95.0 Å². The number of nitrogens with one attached hydrogen (secondary N) is 2. The number of rotatable bonds is 18. The van der Waals surface area contributed by atoms with Crippen LogP contribution in [0.15, 0.2) is 0 Å². The molecule has 0 rings (SSSR count). The van der Waals surface area contributed by atoms with Crippen molar-refractivity contribution >= 4 is 20.0 Å². The summed E-state index contributed by atoms with van der Waals surface area (Å²) in [5.41, 5.74) is 0. The molecule has 0 aromatic rings. The van der Waals surface area contributed by atoms with E-state index in [1.807, 2.05) is 12.1 Å². The number of nitriles is 2. The number of hydrogen-bond acceptors (Lipinski definition) is 6. The van der Waals surface area contributed by atoms with Crippen molar-refractivity contribution in [1.29, 1.82) is 10.5 Å². The molecule has 8 nitrogen and oxygen atoms in total. The van der Waals surface area contributed by atoms with Crippen LogP contribution in [0.3, 0.4) is 0 Å². The van der Waals surface area contributed by atoms with E-state index in [1.54, 1.807) is 13.8 Å². The summed E-state index contributed by atoms with van der Waals surface area (Å²) in [7, 11) is -8.24. The lowest BCUT2D eigenvalue weighted by Crippen LogP contribution is -2.56. The third-order valence-electron chi connectivity index (χ3n) is 4.76. The van der Waals surface area contributed by atoms with Gasteiger partial charge in [0.25, 0.3) is 0 Å². The molecule has 0 aromatic heterocycles. The first-order valence-electron chi connectivity index (χ1n) is 10.5. The highest BCUT2D eigenvalue weighted by molar-refractivity contribution is 8.08. The molecule has 0 heterocycles. The quantitative estimate of drug-likeness (QED) is 0.308. The van der Waals surface area contributed by atoms with E-state index in [0.29, 0.717) is 64.2 Å². The number of hydrogen-bond donors (Lipinski definition) is 2. The molecule has 0 radical (unpaired) electrons. The van der Waals surface area contributed by atoms with Crippen LogP contribution in [0.25, 0.3) is 0 Å². The van der Waals surface area contributed by atoms with E-state index in [4.69, 9.17) is 10.5 Å². The zero-order chi connectivity index (χ0) is 22.2. The molecule has 0 aromatic carbocycles. The van der Waals surface area contributed by atoms with E-state index in [2.05, 4.69) is 9.44 Å². The largest absolute Gasteiger partial charge is 0.233 e. The van der Waals surface area contributed by atoms with E-state index in [9.17, 15) is 16.8 Å². The van der Waals surface area contributed by atoms with Gasteiger partial charge in [-0.1, -0.05) is 39.5 Å². The molecule has 0 spiro atoms. The van der Waals surface area contributed by atoms with Crippen molar-refractivity contribution < 1.29 is 16.8 Å². The Morgan fingerprint density at radius 1 is 0.690 bits per heavy atom. The SMILES string of the molecule is CCCC(CCC)(S(=O)(=O)NCCCCCC#N)S(=O)(=O)NCCCCCC#N. The summed E-state index contributed by atoms with van der Waals surface area (Å²) in [6.07, 6.45) is 5.66. The molecule has 2 N–H and O–H groups in total. The van der Waals surface area contributed by atoms with Crippen molar-refractivity contribution in [1.82, 2.24) is 9.44 Å². The monoisotopic (exact) mass is 448 g/mol. The van der Waals surface area contributed by atoms with Crippen molar-refractivity contribution in [3.8, 4) is 12.1 Å². The van der Waals surface area contributed by atoms with Gasteiger partial charge in [-0.05, 0) is 38.5 Å². The first kappa shape index (κ1) is 27.8. The van der Waals surface area contributed by atoms with Gasteiger partial charge in [-0.15, -0.1) is 0 Å². The third kappa shape index (κ3) is 9.00. The Labute approximate surface area is 177 Å². The van der Waals surface area contributed by atoms with Crippen LogP contribution in [0, 0.1) is 22.7 Å². The predicted octanol–water partition coefficient (Wildman–Crippen LogP) is 3.29. The summed E-state index contributed by atoms with van der Waals surface area (Å²) in [5, 5.41) is 17.1. The number of sulfonamides is 2. The Balaban J connectivity index is 5.27. The van der Waals surface area contributed by atoms with Crippen molar-refractivity contribution in [3.63, 3.8) is 0 Å². The molecule has 0 saturated carbocycles. The second-order valence-corrected chi connectivity index (χ2v) is 11.6. The lowest BCUT2D eigenvalue weighted by Gasteiger charge is -2.32. The smallest absolute Gasteiger partial charge is 0.214 e. The molecular weight excluding hydrogens is 412 g/mol. The van der Waals surface area contributed by atoms with E-state index in [1.165, 1.54) is 0 Å². The molecule has 0 saturated heterocycles. The zero-order valence-electron chi connectivity index (χ0n) is 17.7. The van der Waals surface area contributed by atoms with Gasteiger partial charge in [-0.3, -0.25) is 0 Å². The standard InChI is InChI=1S/C19H36N4O4S2/c1-3-13-19(14-4-2,28(24,25)22-17-11-7-5-9-15-20)29(26,27)23-18-12-8-6-10-16-21/h22-23H,3-14,17-18H2,1-2H3. The van der Waals surface area contributed by atoms with Gasteiger partial charge in [-0.25, -0.2) is 26.3 Å². The molecule has 0 bridgehead atoms. The van der Waals surface area contributed by atoms with Gasteiger partial charge >= 0.3 is 0 Å². The maximum Gasteiger partial charge on any atom is 0.233 e. The van der Waals surface area contributed by atoms with E-state index in [-0.39, 0.29) is 25.9 Å². The molecule has 29 heavy (non-hydrogen) atoms. The van der Waals surface area contributed by atoms with Crippen molar-refractivity contribution in [3.05, 3.63) is 0 Å². The second kappa shape index (κ2) is 14.7. The highest BCUT2D eigenvalue weighted by Gasteiger charge is 2.53. The molecule has 168 valence electrons. The first-order chi connectivity index (χ1) is 13.7. The molecule has 0 amide bonds. The minimum Gasteiger partial charge on any atom is -0.214 e. The van der Waals surface area contributed by atoms with Gasteiger partial charge in [0, 0.05) is 25.9 Å². The number of unbranched alkanes of at least 4 members (excludes halogenated alkanes) is 6. The fourth-order valence-corrected chi connectivity index (χ4v) is 8.01. The fourth-order valence-electron chi connectivity index (χ4n) is 3.26. The van der Waals surface area contributed by atoms with Gasteiger partial charge in [0.15, 0.2) is 0 Å². The van der Waals surface area contributed by atoms with Gasteiger partial charge in [0.1, 0.15) is 0 Å². The minimum atomic E-state index is -4.12. The molecule has 10 heteroatoms. The lowest BCUT2D eigenvalue weighted by atomic mass is 10.1. The maximum atomic E-state index is 13.1. The van der Waals surface area contributed by atoms with Gasteiger partial charge in [0.05, 0.1) is 12.1 Å². The van der Waals surface area contributed by atoms with Crippen molar-refractivity contribution in [2.75, 3.05) is 13.1 Å².